The van der Waals surface area contributed by atoms with E-state index in [9.17, 15) is 24.3 Å². The number of carboxylic acid groups (broad SMARTS) is 2. The molecule has 0 aliphatic heterocycles. The first-order valence-corrected chi connectivity index (χ1v) is 10.1. The second kappa shape index (κ2) is 11.8. The van der Waals surface area contributed by atoms with Crippen LogP contribution < -0.4 is 16.4 Å². The van der Waals surface area contributed by atoms with E-state index in [0.717, 1.165) is 4.48 Å². The molecule has 0 saturated heterocycles. The fourth-order valence-corrected chi connectivity index (χ4v) is 3.66. The predicted molar refractivity (Wildman–Crippen MR) is 106 cm³/mol. The Kier molecular flexibility index (Phi) is 10.2. The van der Waals surface area contributed by atoms with Gasteiger partial charge in [0.1, 0.15) is 18.6 Å². The van der Waals surface area contributed by atoms with Crippen molar-refractivity contribution in [1.82, 2.24) is 10.6 Å². The molecule has 1 aliphatic carbocycles. The second-order valence-electron chi connectivity index (χ2n) is 5.91. The number of halogens is 1. The summed E-state index contributed by atoms with van der Waals surface area (Å²) in [5.74, 6) is -3.69. The average Bonchev–Trinajstić information content (AvgIpc) is 2.62. The summed E-state index contributed by atoms with van der Waals surface area (Å²) in [6.45, 7) is -0.610. The highest BCUT2D eigenvalue weighted by Gasteiger charge is 2.26. The molecule has 0 aromatic heterocycles. The third kappa shape index (κ3) is 8.87. The summed E-state index contributed by atoms with van der Waals surface area (Å²) in [6, 6.07) is -2.26. The van der Waals surface area contributed by atoms with Gasteiger partial charge >= 0.3 is 11.9 Å². The summed E-state index contributed by atoms with van der Waals surface area (Å²) >= 11 is 4.45. The number of aliphatic carboxylic acids is 2. The molecule has 0 bridgehead atoms. The fraction of sp³-hybridized carbons (Fsp3) is 0.500. The van der Waals surface area contributed by atoms with Crippen molar-refractivity contribution in [1.29, 1.82) is 0 Å². The number of nitrogens with two attached hydrogens (primary N) is 1. The van der Waals surface area contributed by atoms with Gasteiger partial charge in [-0.3, -0.25) is 19.2 Å². The normalized spacial score (nSPS) is 20.6. The standard InChI is InChI=1S/C16H22BrN3O7S/c17-8-1-3-12(11(21)5-8)28-7-10(15(25)19-6-14(23)24)20-13(22)4-2-9(18)16(26)27/h1,3,5,9-12,21H,2,4,6-7,18H2,(H,19,25)(H,20,22)(H,23,24)(H,26,27)/t9-,10-,11?,12?/m0/s1. The number of hydrogen-bond acceptors (Lipinski definition) is 7. The zero-order valence-corrected chi connectivity index (χ0v) is 17.1. The molecule has 0 saturated carbocycles. The fourth-order valence-electron chi connectivity index (χ4n) is 2.12. The first-order chi connectivity index (χ1) is 13.1. The minimum atomic E-state index is -1.24. The van der Waals surface area contributed by atoms with Crippen LogP contribution in [0.25, 0.3) is 0 Å². The molecule has 7 N–H and O–H groups in total. The number of amides is 2. The third-order valence-electron chi connectivity index (χ3n) is 3.63. The molecule has 10 nitrogen and oxygen atoms in total. The number of thioether (sulfide) groups is 1. The van der Waals surface area contributed by atoms with Gasteiger partial charge in [-0.25, -0.2) is 0 Å². The Labute approximate surface area is 173 Å². The van der Waals surface area contributed by atoms with Gasteiger partial charge in [0, 0.05) is 16.7 Å². The van der Waals surface area contributed by atoms with Crippen LogP contribution in [0, 0.1) is 0 Å². The number of hydrogen-bond donors (Lipinski definition) is 6. The summed E-state index contributed by atoms with van der Waals surface area (Å²) in [7, 11) is 0. The number of carbonyl (C=O) groups is 4. The van der Waals surface area contributed by atoms with Crippen LogP contribution in [0.1, 0.15) is 12.8 Å². The van der Waals surface area contributed by atoms with E-state index in [4.69, 9.17) is 15.9 Å². The smallest absolute Gasteiger partial charge is 0.322 e. The molecule has 4 atom stereocenters. The van der Waals surface area contributed by atoms with E-state index in [2.05, 4.69) is 26.6 Å². The van der Waals surface area contributed by atoms with Crippen LogP contribution in [-0.4, -0.2) is 74.8 Å². The maximum absolute atomic E-state index is 12.2. The highest BCUT2D eigenvalue weighted by atomic mass is 79.9. The first kappa shape index (κ1) is 24.1. The van der Waals surface area contributed by atoms with Gasteiger partial charge in [-0.1, -0.05) is 28.1 Å². The lowest BCUT2D eigenvalue weighted by Gasteiger charge is -2.23. The maximum atomic E-state index is 12.2. The minimum Gasteiger partial charge on any atom is -0.480 e. The molecule has 0 fully saturated rings. The number of aliphatic hydroxyl groups excluding tert-OH is 1. The van der Waals surface area contributed by atoms with Crippen molar-refractivity contribution in [2.24, 2.45) is 5.73 Å². The van der Waals surface area contributed by atoms with Crippen LogP contribution in [0.4, 0.5) is 0 Å². The number of rotatable bonds is 11. The largest absolute Gasteiger partial charge is 0.480 e. The molecule has 2 unspecified atom stereocenters. The number of aliphatic hydroxyl groups is 1. The van der Waals surface area contributed by atoms with Crippen LogP contribution in [0.5, 0.6) is 0 Å². The summed E-state index contributed by atoms with van der Waals surface area (Å²) in [5.41, 5.74) is 5.35. The van der Waals surface area contributed by atoms with E-state index in [-0.39, 0.29) is 23.8 Å². The van der Waals surface area contributed by atoms with Crippen molar-refractivity contribution in [2.75, 3.05) is 12.3 Å². The van der Waals surface area contributed by atoms with Crippen LogP contribution >= 0.6 is 27.7 Å². The molecule has 0 heterocycles. The maximum Gasteiger partial charge on any atom is 0.322 e. The highest BCUT2D eigenvalue weighted by molar-refractivity contribution is 9.11. The SMILES string of the molecule is N[C@@H](CCC(=O)N[C@@H](CSC1C=CC(Br)=CC1O)C(=O)NCC(=O)O)C(=O)O. The molecule has 0 spiro atoms. The van der Waals surface area contributed by atoms with Gasteiger partial charge in [-0.2, -0.15) is 0 Å². The predicted octanol–water partition coefficient (Wildman–Crippen LogP) is -0.825. The average molecular weight is 480 g/mol. The zero-order valence-electron chi connectivity index (χ0n) is 14.7. The monoisotopic (exact) mass is 479 g/mol. The molecule has 0 aromatic rings. The summed E-state index contributed by atoms with van der Waals surface area (Å²) in [5, 5.41) is 31.8. The number of carbonyl (C=O) groups excluding carboxylic acids is 2. The molecule has 1 aliphatic rings. The number of nitrogens with one attached hydrogen (secondary N) is 2. The van der Waals surface area contributed by atoms with E-state index in [1.54, 1.807) is 18.2 Å². The second-order valence-corrected chi connectivity index (χ2v) is 8.04. The minimum absolute atomic E-state index is 0.0691. The van der Waals surface area contributed by atoms with Gasteiger partial charge in [0.15, 0.2) is 0 Å². The molecule has 2 amide bonds. The molecule has 156 valence electrons. The summed E-state index contributed by atoms with van der Waals surface area (Å²) in [6.07, 6.45) is 3.96. The Morgan fingerprint density at radius 1 is 1.29 bits per heavy atom. The Bertz CT molecular complexity index is 671. The Morgan fingerprint density at radius 3 is 2.54 bits per heavy atom. The molecule has 12 heteroatoms. The lowest BCUT2D eigenvalue weighted by atomic mass is 10.1. The third-order valence-corrected chi connectivity index (χ3v) is 5.51. The molecule has 0 aromatic carbocycles. The number of carboxylic acids is 2. The highest BCUT2D eigenvalue weighted by Crippen LogP contribution is 2.25. The zero-order chi connectivity index (χ0) is 21.3. The van der Waals surface area contributed by atoms with Crippen molar-refractivity contribution in [3.05, 3.63) is 22.7 Å². The Balaban J connectivity index is 2.66. The summed E-state index contributed by atoms with van der Waals surface area (Å²) in [4.78, 5) is 45.6. The summed E-state index contributed by atoms with van der Waals surface area (Å²) < 4.78 is 0.718. The lowest BCUT2D eigenvalue weighted by Crippen LogP contribution is -2.50. The van der Waals surface area contributed by atoms with Crippen molar-refractivity contribution in [3.8, 4) is 0 Å². The topological polar surface area (TPSA) is 179 Å². The van der Waals surface area contributed by atoms with E-state index in [1.165, 1.54) is 11.8 Å². The van der Waals surface area contributed by atoms with E-state index < -0.39 is 48.5 Å². The van der Waals surface area contributed by atoms with E-state index >= 15 is 0 Å². The number of allylic oxidation sites excluding steroid dienone is 2. The first-order valence-electron chi connectivity index (χ1n) is 8.22. The van der Waals surface area contributed by atoms with Gasteiger partial charge in [0.25, 0.3) is 0 Å². The van der Waals surface area contributed by atoms with E-state index in [1.807, 2.05) is 0 Å². The van der Waals surface area contributed by atoms with Gasteiger partial charge in [0.05, 0.1) is 11.4 Å². The van der Waals surface area contributed by atoms with Crippen molar-refractivity contribution < 1.29 is 34.5 Å². The van der Waals surface area contributed by atoms with Crippen molar-refractivity contribution >= 4 is 51.4 Å². The molecular weight excluding hydrogens is 458 g/mol. The molecule has 0 radical (unpaired) electrons. The van der Waals surface area contributed by atoms with Crippen LogP contribution in [0.15, 0.2) is 22.7 Å². The molecule has 1 rings (SSSR count). The molecular formula is C16H22BrN3O7S. The Hall–Kier alpha value is -1.89. The van der Waals surface area contributed by atoms with Gasteiger partial charge < -0.3 is 31.7 Å². The van der Waals surface area contributed by atoms with Crippen molar-refractivity contribution in [3.63, 3.8) is 0 Å². The van der Waals surface area contributed by atoms with Crippen LogP contribution in [0.2, 0.25) is 0 Å². The van der Waals surface area contributed by atoms with Crippen LogP contribution in [0.3, 0.4) is 0 Å². The lowest BCUT2D eigenvalue weighted by molar-refractivity contribution is -0.139. The van der Waals surface area contributed by atoms with Gasteiger partial charge in [-0.15, -0.1) is 11.8 Å². The van der Waals surface area contributed by atoms with Gasteiger partial charge in [-0.05, 0) is 12.5 Å². The van der Waals surface area contributed by atoms with Crippen LogP contribution in [-0.2, 0) is 19.2 Å². The van der Waals surface area contributed by atoms with Crippen molar-refractivity contribution in [2.45, 2.75) is 36.3 Å². The quantitative estimate of drug-likeness (QED) is 0.220. The van der Waals surface area contributed by atoms with E-state index in [0.29, 0.717) is 0 Å². The van der Waals surface area contributed by atoms with Gasteiger partial charge in [0.2, 0.25) is 11.8 Å². The Morgan fingerprint density at radius 2 is 1.96 bits per heavy atom. The molecule has 28 heavy (non-hydrogen) atoms.